The maximum absolute atomic E-state index is 12.8. The Kier molecular flexibility index (Phi) is 4.60. The second-order valence-electron chi connectivity index (χ2n) is 6.04. The number of fused-ring (bicyclic) bond motifs is 1. The zero-order chi connectivity index (χ0) is 19.7. The summed E-state index contributed by atoms with van der Waals surface area (Å²) in [5.41, 5.74) is 1.07. The summed E-state index contributed by atoms with van der Waals surface area (Å²) in [7, 11) is 0. The van der Waals surface area contributed by atoms with Crippen LogP contribution in [0.5, 0.6) is 0 Å². The third-order valence-corrected chi connectivity index (χ3v) is 4.49. The topological polar surface area (TPSA) is 50.7 Å². The summed E-state index contributed by atoms with van der Waals surface area (Å²) in [4.78, 5) is 4.10. The number of rotatable bonds is 3. The fourth-order valence-electron chi connectivity index (χ4n) is 2.85. The highest BCUT2D eigenvalue weighted by atomic mass is 35.5. The molecule has 2 heterocycles. The number of hydrogen-bond donors (Lipinski definition) is 1. The van der Waals surface area contributed by atoms with Gasteiger partial charge in [-0.15, -0.1) is 10.2 Å². The van der Waals surface area contributed by atoms with Crippen LogP contribution in [-0.2, 0) is 6.18 Å². The van der Waals surface area contributed by atoms with Gasteiger partial charge in [-0.25, -0.2) is 0 Å². The van der Waals surface area contributed by atoms with Crippen molar-refractivity contribution in [2.24, 2.45) is 0 Å². The molecule has 0 fully saturated rings. The first kappa shape index (κ1) is 18.2. The van der Waals surface area contributed by atoms with Gasteiger partial charge in [0.2, 0.25) is 0 Å². The molecule has 0 unspecified atom stereocenters. The number of anilines is 2. The van der Waals surface area contributed by atoms with Crippen molar-refractivity contribution in [1.82, 2.24) is 15.2 Å². The second-order valence-corrected chi connectivity index (χ2v) is 6.39. The third kappa shape index (κ3) is 3.61. The molecule has 0 bridgehead atoms. The van der Waals surface area contributed by atoms with Gasteiger partial charge in [0.1, 0.15) is 0 Å². The number of pyridine rings is 1. The quantitative estimate of drug-likeness (QED) is 0.451. The molecular formula is C20H12ClF3N4. The number of nitrogens with zero attached hydrogens (tertiary/aromatic N) is 3. The van der Waals surface area contributed by atoms with Crippen molar-refractivity contribution in [3.05, 3.63) is 77.7 Å². The summed E-state index contributed by atoms with van der Waals surface area (Å²) in [6.07, 6.45) is -0.953. The molecule has 0 spiro atoms. The minimum atomic E-state index is -4.39. The Morgan fingerprint density at radius 1 is 0.929 bits per heavy atom. The van der Waals surface area contributed by atoms with Crippen molar-refractivity contribution < 1.29 is 13.2 Å². The van der Waals surface area contributed by atoms with Gasteiger partial charge in [0.25, 0.3) is 0 Å². The van der Waals surface area contributed by atoms with Crippen LogP contribution in [-0.4, -0.2) is 15.2 Å². The van der Waals surface area contributed by atoms with Gasteiger partial charge in [-0.2, -0.15) is 13.2 Å². The number of alkyl halides is 3. The van der Waals surface area contributed by atoms with Crippen LogP contribution in [0.1, 0.15) is 5.56 Å². The highest BCUT2D eigenvalue weighted by Gasteiger charge is 2.30. The largest absolute Gasteiger partial charge is 0.416 e. The van der Waals surface area contributed by atoms with E-state index in [2.05, 4.69) is 20.5 Å². The Morgan fingerprint density at radius 2 is 1.71 bits per heavy atom. The lowest BCUT2D eigenvalue weighted by Crippen LogP contribution is -2.04. The molecule has 2 aromatic heterocycles. The van der Waals surface area contributed by atoms with Crippen LogP contribution in [0.4, 0.5) is 24.7 Å². The number of benzene rings is 2. The van der Waals surface area contributed by atoms with Crippen molar-refractivity contribution in [1.29, 1.82) is 0 Å². The average Bonchev–Trinajstić information content (AvgIpc) is 2.69. The second kappa shape index (κ2) is 7.09. The fraction of sp³-hybridized carbons (Fsp3) is 0.0500. The first-order chi connectivity index (χ1) is 13.4. The van der Waals surface area contributed by atoms with Crippen LogP contribution in [0.15, 0.2) is 67.0 Å². The van der Waals surface area contributed by atoms with Crippen molar-refractivity contribution in [2.75, 3.05) is 5.32 Å². The highest BCUT2D eigenvalue weighted by molar-refractivity contribution is 6.32. The van der Waals surface area contributed by atoms with E-state index in [4.69, 9.17) is 11.6 Å². The van der Waals surface area contributed by atoms with Crippen LogP contribution in [0, 0.1) is 0 Å². The van der Waals surface area contributed by atoms with E-state index in [1.165, 1.54) is 12.1 Å². The summed E-state index contributed by atoms with van der Waals surface area (Å²) >= 11 is 6.13. The number of hydrogen-bond acceptors (Lipinski definition) is 4. The molecule has 0 radical (unpaired) electrons. The maximum Gasteiger partial charge on any atom is 0.416 e. The first-order valence-electron chi connectivity index (χ1n) is 8.22. The molecule has 0 saturated heterocycles. The molecule has 4 rings (SSSR count). The van der Waals surface area contributed by atoms with Crippen LogP contribution in [0.25, 0.3) is 21.9 Å². The molecule has 4 nitrogen and oxygen atoms in total. The average molecular weight is 401 g/mol. The molecule has 0 aliphatic rings. The first-order valence-corrected chi connectivity index (χ1v) is 8.60. The van der Waals surface area contributed by atoms with Crippen LogP contribution < -0.4 is 5.32 Å². The molecule has 2 aromatic carbocycles. The van der Waals surface area contributed by atoms with Gasteiger partial charge in [0.05, 0.1) is 5.56 Å². The lowest BCUT2D eigenvalue weighted by atomic mass is 10.1. The van der Waals surface area contributed by atoms with Crippen molar-refractivity contribution in [3.63, 3.8) is 0 Å². The minimum Gasteiger partial charge on any atom is -0.338 e. The van der Waals surface area contributed by atoms with E-state index in [0.29, 0.717) is 16.9 Å². The lowest BCUT2D eigenvalue weighted by Gasteiger charge is -2.11. The molecule has 8 heteroatoms. The van der Waals surface area contributed by atoms with Crippen LogP contribution >= 0.6 is 11.6 Å². The highest BCUT2D eigenvalue weighted by Crippen LogP contribution is 2.34. The minimum absolute atomic E-state index is 0.104. The monoisotopic (exact) mass is 400 g/mol. The smallest absolute Gasteiger partial charge is 0.338 e. The zero-order valence-electron chi connectivity index (χ0n) is 14.2. The molecule has 140 valence electrons. The molecule has 4 aromatic rings. The van der Waals surface area contributed by atoms with Gasteiger partial charge in [-0.05, 0) is 35.9 Å². The molecular weight excluding hydrogens is 389 g/mol. The number of halogens is 4. The van der Waals surface area contributed by atoms with Crippen LogP contribution in [0.2, 0.25) is 5.15 Å². The van der Waals surface area contributed by atoms with E-state index in [1.807, 2.05) is 24.3 Å². The standard InChI is InChI=1S/C20H12ClF3N4/c21-19-16(12-4-6-14(7-5-12)20(22,23)24)10-18(27-28-19)26-17-3-1-2-13-11-25-9-8-15(13)17/h1-11H,(H,26,27). The van der Waals surface area contributed by atoms with E-state index in [-0.39, 0.29) is 5.15 Å². The zero-order valence-corrected chi connectivity index (χ0v) is 15.0. The van der Waals surface area contributed by atoms with E-state index in [1.54, 1.807) is 18.5 Å². The maximum atomic E-state index is 12.8. The predicted octanol–water partition coefficient (Wildman–Crippen LogP) is 6.11. The van der Waals surface area contributed by atoms with Crippen molar-refractivity contribution >= 4 is 33.9 Å². The van der Waals surface area contributed by atoms with Crippen molar-refractivity contribution in [3.8, 4) is 11.1 Å². The van der Waals surface area contributed by atoms with E-state index in [9.17, 15) is 13.2 Å². The van der Waals surface area contributed by atoms with E-state index < -0.39 is 11.7 Å². The molecule has 0 amide bonds. The van der Waals surface area contributed by atoms with E-state index in [0.717, 1.165) is 28.6 Å². The van der Waals surface area contributed by atoms with Gasteiger partial charge in [-0.1, -0.05) is 35.9 Å². The normalized spacial score (nSPS) is 11.6. The van der Waals surface area contributed by atoms with Gasteiger partial charge in [-0.3, -0.25) is 4.98 Å². The number of aromatic nitrogens is 3. The summed E-state index contributed by atoms with van der Waals surface area (Å²) in [5.74, 6) is 0.420. The SMILES string of the molecule is FC(F)(F)c1ccc(-c2cc(Nc3cccc4cnccc34)nnc2Cl)cc1. The molecule has 0 saturated carbocycles. The summed E-state index contributed by atoms with van der Waals surface area (Å²) in [5, 5.41) is 13.1. The van der Waals surface area contributed by atoms with Gasteiger partial charge < -0.3 is 5.32 Å². The predicted molar refractivity (Wildman–Crippen MR) is 103 cm³/mol. The molecule has 1 N–H and O–H groups in total. The van der Waals surface area contributed by atoms with Gasteiger partial charge in [0, 0.05) is 34.4 Å². The number of nitrogens with one attached hydrogen (secondary N) is 1. The third-order valence-electron chi connectivity index (χ3n) is 4.22. The van der Waals surface area contributed by atoms with Crippen LogP contribution in [0.3, 0.4) is 0 Å². The lowest BCUT2D eigenvalue weighted by molar-refractivity contribution is -0.137. The molecule has 28 heavy (non-hydrogen) atoms. The molecule has 0 atom stereocenters. The summed E-state index contributed by atoms with van der Waals surface area (Å²) in [6, 6.07) is 14.0. The fourth-order valence-corrected chi connectivity index (χ4v) is 3.05. The Balaban J connectivity index is 1.69. The Labute approximate surface area is 163 Å². The molecule has 0 aliphatic heterocycles. The Bertz CT molecular complexity index is 1140. The van der Waals surface area contributed by atoms with Crippen molar-refractivity contribution in [2.45, 2.75) is 6.18 Å². The van der Waals surface area contributed by atoms with E-state index >= 15 is 0 Å². The Hall–Kier alpha value is -3.19. The summed E-state index contributed by atoms with van der Waals surface area (Å²) in [6.45, 7) is 0. The van der Waals surface area contributed by atoms with Gasteiger partial charge >= 0.3 is 6.18 Å². The summed E-state index contributed by atoms with van der Waals surface area (Å²) < 4.78 is 38.3. The van der Waals surface area contributed by atoms with Gasteiger partial charge in [0.15, 0.2) is 11.0 Å². The molecule has 0 aliphatic carbocycles. The Morgan fingerprint density at radius 3 is 2.46 bits per heavy atom.